The van der Waals surface area contributed by atoms with E-state index in [0.717, 1.165) is 19.3 Å². The van der Waals surface area contributed by atoms with Crippen molar-refractivity contribution in [1.82, 2.24) is 10.3 Å². The third kappa shape index (κ3) is 10.4. The van der Waals surface area contributed by atoms with Crippen LogP contribution in [0, 0.1) is 10.8 Å². The predicted octanol–water partition coefficient (Wildman–Crippen LogP) is 4.44. The van der Waals surface area contributed by atoms with Gasteiger partial charge in [-0.25, -0.2) is 9.78 Å². The lowest BCUT2D eigenvalue weighted by atomic mass is 9.80. The van der Waals surface area contributed by atoms with Gasteiger partial charge < -0.3 is 26.2 Å². The Kier molecular flexibility index (Phi) is 12.7. The van der Waals surface area contributed by atoms with E-state index in [-0.39, 0.29) is 51.0 Å². The maximum absolute atomic E-state index is 13.3. The smallest absolute Gasteiger partial charge is 0.336 e. The number of pyridine rings is 1. The van der Waals surface area contributed by atoms with Gasteiger partial charge in [0.15, 0.2) is 0 Å². The van der Waals surface area contributed by atoms with E-state index in [1.807, 2.05) is 0 Å². The third-order valence-corrected chi connectivity index (χ3v) is 7.42. The van der Waals surface area contributed by atoms with Crippen molar-refractivity contribution in [3.63, 3.8) is 0 Å². The molecule has 1 heterocycles. The molecule has 45 heavy (non-hydrogen) atoms. The van der Waals surface area contributed by atoms with E-state index >= 15 is 0 Å². The summed E-state index contributed by atoms with van der Waals surface area (Å²) < 4.78 is 31.1. The normalized spacial score (nSPS) is 11.1. The number of rotatable bonds is 12. The van der Waals surface area contributed by atoms with Crippen LogP contribution in [0.3, 0.4) is 0 Å². The summed E-state index contributed by atoms with van der Waals surface area (Å²) in [6.07, 6.45) is 3.45. The number of nitrogen functional groups attached to an aromatic ring is 1. The fourth-order valence-corrected chi connectivity index (χ4v) is 4.46. The van der Waals surface area contributed by atoms with Gasteiger partial charge in [-0.2, -0.15) is 8.42 Å². The lowest BCUT2D eigenvalue weighted by Crippen LogP contribution is -2.36. The Hall–Kier alpha value is -4.82. The molecule has 3 aromatic rings. The Balaban J connectivity index is 0.00000130. The minimum atomic E-state index is -3.67. The molecule has 0 saturated carbocycles. The van der Waals surface area contributed by atoms with Crippen molar-refractivity contribution < 1.29 is 37.2 Å². The SMILES string of the molecule is CCC(CC)(CC)CNC(=O)c1ccc(-c2ccc(OC)nc2C(=O)Nc2ccc(C(=N)N)cc2)c(C(=O)O)c1.CS(=O)(=O)O. The van der Waals surface area contributed by atoms with Crippen molar-refractivity contribution in [3.05, 3.63) is 77.0 Å². The van der Waals surface area contributed by atoms with Crippen molar-refractivity contribution in [3.8, 4) is 17.0 Å². The summed E-state index contributed by atoms with van der Waals surface area (Å²) in [6, 6.07) is 13.8. The summed E-state index contributed by atoms with van der Waals surface area (Å²) in [7, 11) is -2.26. The van der Waals surface area contributed by atoms with Crippen molar-refractivity contribution in [1.29, 1.82) is 5.41 Å². The van der Waals surface area contributed by atoms with E-state index in [1.165, 1.54) is 31.4 Å². The van der Waals surface area contributed by atoms with Gasteiger partial charge in [0, 0.05) is 35.0 Å². The average Bonchev–Trinajstić information content (AvgIpc) is 3.00. The number of nitrogens with zero attached hydrogens (tertiary/aromatic N) is 1. The molecule has 7 N–H and O–H groups in total. The molecule has 3 rings (SSSR count). The highest BCUT2D eigenvalue weighted by Gasteiger charge is 2.26. The van der Waals surface area contributed by atoms with Crippen molar-refractivity contribution in [2.75, 3.05) is 25.2 Å². The van der Waals surface area contributed by atoms with E-state index in [9.17, 15) is 27.9 Å². The summed E-state index contributed by atoms with van der Waals surface area (Å²) >= 11 is 0. The summed E-state index contributed by atoms with van der Waals surface area (Å²) in [5.74, 6) is -2.16. The van der Waals surface area contributed by atoms with Crippen LogP contribution in [0.5, 0.6) is 5.88 Å². The molecule has 14 heteroatoms. The van der Waals surface area contributed by atoms with E-state index in [4.69, 9.17) is 20.4 Å². The van der Waals surface area contributed by atoms with E-state index < -0.39 is 22.0 Å². The van der Waals surface area contributed by atoms with Crippen molar-refractivity contribution in [2.24, 2.45) is 11.1 Å². The van der Waals surface area contributed by atoms with E-state index in [1.54, 1.807) is 30.3 Å². The number of aromatic carboxylic acids is 1. The number of ether oxygens (including phenoxy) is 1. The van der Waals surface area contributed by atoms with Crippen molar-refractivity contribution in [2.45, 2.75) is 40.0 Å². The second kappa shape index (κ2) is 15.8. The first-order chi connectivity index (χ1) is 21.1. The number of methoxy groups -OCH3 is 1. The minimum absolute atomic E-state index is 0.0192. The molecule has 0 aliphatic rings. The number of carbonyl (C=O) groups excluding carboxylic acids is 2. The topological polar surface area (TPSA) is 222 Å². The van der Waals surface area contributed by atoms with Crippen LogP contribution in [0.15, 0.2) is 54.6 Å². The lowest BCUT2D eigenvalue weighted by molar-refractivity contribution is 0.0697. The first kappa shape index (κ1) is 36.4. The van der Waals surface area contributed by atoms with Gasteiger partial charge in [-0.15, -0.1) is 0 Å². The molecule has 0 atom stereocenters. The lowest BCUT2D eigenvalue weighted by Gasteiger charge is -2.30. The van der Waals surface area contributed by atoms with Crippen LogP contribution in [0.1, 0.15) is 76.8 Å². The highest BCUT2D eigenvalue weighted by molar-refractivity contribution is 7.85. The summed E-state index contributed by atoms with van der Waals surface area (Å²) in [5, 5.41) is 23.2. The van der Waals surface area contributed by atoms with Crippen molar-refractivity contribution >= 4 is 39.4 Å². The molecule has 0 fully saturated rings. The molecular formula is C31H39N5O8S. The number of amidine groups is 1. The molecule has 0 bridgehead atoms. The molecule has 0 radical (unpaired) electrons. The van der Waals surface area contributed by atoms with Crippen LogP contribution in [-0.2, 0) is 10.1 Å². The first-order valence-corrected chi connectivity index (χ1v) is 15.8. The average molecular weight is 642 g/mol. The number of amides is 2. The van der Waals surface area contributed by atoms with Crippen LogP contribution >= 0.6 is 0 Å². The van der Waals surface area contributed by atoms with Crippen LogP contribution in [-0.4, -0.2) is 66.6 Å². The molecule has 0 aliphatic carbocycles. The van der Waals surface area contributed by atoms with Gasteiger partial charge in [0.2, 0.25) is 5.88 Å². The van der Waals surface area contributed by atoms with Crippen LogP contribution < -0.4 is 21.1 Å². The molecular weight excluding hydrogens is 602 g/mol. The number of nitrogens with two attached hydrogens (primary N) is 1. The number of anilines is 1. The number of hydrogen-bond acceptors (Lipinski definition) is 8. The van der Waals surface area contributed by atoms with E-state index in [2.05, 4.69) is 36.4 Å². The number of benzene rings is 2. The summed E-state index contributed by atoms with van der Waals surface area (Å²) in [4.78, 5) is 42.9. The Morgan fingerprint density at radius 2 is 1.47 bits per heavy atom. The van der Waals surface area contributed by atoms with Crippen LogP contribution in [0.4, 0.5) is 5.69 Å². The number of aromatic nitrogens is 1. The monoisotopic (exact) mass is 641 g/mol. The summed E-state index contributed by atoms with van der Waals surface area (Å²) in [5.41, 5.74) is 6.88. The zero-order chi connectivity index (χ0) is 33.9. The maximum atomic E-state index is 13.3. The largest absolute Gasteiger partial charge is 0.481 e. The Morgan fingerprint density at radius 1 is 0.933 bits per heavy atom. The molecule has 2 aromatic carbocycles. The van der Waals surface area contributed by atoms with Crippen LogP contribution in [0.25, 0.3) is 11.1 Å². The van der Waals surface area contributed by atoms with Gasteiger partial charge in [-0.1, -0.05) is 26.8 Å². The first-order valence-electron chi connectivity index (χ1n) is 14.0. The van der Waals surface area contributed by atoms with E-state index in [0.29, 0.717) is 24.1 Å². The molecule has 0 unspecified atom stereocenters. The fraction of sp³-hybridized carbons (Fsp3) is 0.323. The fourth-order valence-electron chi connectivity index (χ4n) is 4.46. The quantitative estimate of drug-likeness (QED) is 0.0926. The highest BCUT2D eigenvalue weighted by Crippen LogP contribution is 2.31. The molecule has 0 saturated heterocycles. The molecule has 242 valence electrons. The van der Waals surface area contributed by atoms with Gasteiger partial charge in [-0.05, 0) is 72.7 Å². The number of nitrogens with one attached hydrogen (secondary N) is 3. The molecule has 13 nitrogen and oxygen atoms in total. The highest BCUT2D eigenvalue weighted by atomic mass is 32.2. The predicted molar refractivity (Wildman–Crippen MR) is 172 cm³/mol. The Bertz CT molecular complexity index is 1640. The second-order valence-electron chi connectivity index (χ2n) is 10.2. The van der Waals surface area contributed by atoms with Gasteiger partial charge in [0.25, 0.3) is 21.9 Å². The van der Waals surface area contributed by atoms with Gasteiger partial charge in [0.1, 0.15) is 11.5 Å². The van der Waals surface area contributed by atoms with Crippen LogP contribution in [0.2, 0.25) is 0 Å². The second-order valence-corrected chi connectivity index (χ2v) is 11.7. The molecule has 0 spiro atoms. The number of hydrogen-bond donors (Lipinski definition) is 6. The molecule has 0 aliphatic heterocycles. The molecule has 2 amide bonds. The zero-order valence-corrected chi connectivity index (χ0v) is 26.6. The third-order valence-electron chi connectivity index (χ3n) is 7.42. The molecule has 1 aromatic heterocycles. The van der Waals surface area contributed by atoms with Gasteiger partial charge >= 0.3 is 5.97 Å². The maximum Gasteiger partial charge on any atom is 0.336 e. The standard InChI is InChI=1S/C30H35N5O5.CH4O3S/c1-5-30(6-2,7-3)17-33-27(36)19-10-13-21(23(16-19)29(38)39)22-14-15-24(40-4)35-25(22)28(37)34-20-11-8-18(9-12-20)26(31)32;1-5(2,3)4/h8-16H,5-7,17H2,1-4H3,(H3,31,32)(H,33,36)(H,34,37)(H,38,39);1H3,(H,2,3,4). The number of carboxylic acid groups (broad SMARTS) is 1. The Labute approximate surface area is 262 Å². The summed E-state index contributed by atoms with van der Waals surface area (Å²) in [6.45, 7) is 6.76. The van der Waals surface area contributed by atoms with Gasteiger partial charge in [-0.3, -0.25) is 19.6 Å². The number of carbonyl (C=O) groups is 3. The Morgan fingerprint density at radius 3 is 1.96 bits per heavy atom. The minimum Gasteiger partial charge on any atom is -0.481 e. The van der Waals surface area contributed by atoms with Gasteiger partial charge in [0.05, 0.1) is 18.9 Å². The zero-order valence-electron chi connectivity index (χ0n) is 25.8. The number of carboxylic acids is 1.